The molecule has 0 radical (unpaired) electrons. The number of nitro benzene ring substituents is 1. The first-order valence-corrected chi connectivity index (χ1v) is 7.05. The summed E-state index contributed by atoms with van der Waals surface area (Å²) in [5, 5.41) is 10.6. The molecule has 2 rings (SSSR count). The van der Waals surface area contributed by atoms with Gasteiger partial charge in [0.2, 0.25) is 0 Å². The van der Waals surface area contributed by atoms with Gasteiger partial charge in [-0.25, -0.2) is 0 Å². The van der Waals surface area contributed by atoms with Crippen molar-refractivity contribution < 1.29 is 9.66 Å². The zero-order valence-electron chi connectivity index (χ0n) is 11.3. The lowest BCUT2D eigenvalue weighted by Crippen LogP contribution is -1.89. The van der Waals surface area contributed by atoms with Crippen molar-refractivity contribution in [2.75, 3.05) is 7.11 Å². The van der Waals surface area contributed by atoms with Crippen molar-refractivity contribution in [3.8, 4) is 5.75 Å². The Bertz CT molecular complexity index is 611. The molecule has 0 fully saturated rings. The third-order valence-corrected chi connectivity index (χ3v) is 3.98. The van der Waals surface area contributed by atoms with E-state index in [4.69, 9.17) is 4.74 Å². The molecule has 0 saturated heterocycles. The quantitative estimate of drug-likeness (QED) is 0.607. The molecule has 5 heteroatoms. The molecule has 0 heterocycles. The summed E-state index contributed by atoms with van der Waals surface area (Å²) in [6.45, 7) is 2.10. The van der Waals surface area contributed by atoms with Gasteiger partial charge in [-0.2, -0.15) is 0 Å². The zero-order valence-corrected chi connectivity index (χ0v) is 12.1. The van der Waals surface area contributed by atoms with Crippen molar-refractivity contribution in [1.29, 1.82) is 0 Å². The molecule has 2 aromatic carbocycles. The van der Waals surface area contributed by atoms with Crippen LogP contribution in [0.4, 0.5) is 5.69 Å². The van der Waals surface area contributed by atoms with Gasteiger partial charge in [0.1, 0.15) is 5.75 Å². The summed E-state index contributed by atoms with van der Waals surface area (Å²) >= 11 is 1.53. The van der Waals surface area contributed by atoms with Gasteiger partial charge < -0.3 is 4.74 Å². The molecule has 0 spiro atoms. The minimum Gasteiger partial charge on any atom is -0.496 e. The SMILES string of the molecule is CCc1ccc(Sc2ccc([N+](=O)[O-])cc2)c(OC)c1. The molecule has 0 aliphatic rings. The van der Waals surface area contributed by atoms with Gasteiger partial charge in [-0.15, -0.1) is 0 Å². The van der Waals surface area contributed by atoms with E-state index in [-0.39, 0.29) is 5.69 Å². The second-order valence-corrected chi connectivity index (χ2v) is 5.31. The highest BCUT2D eigenvalue weighted by Crippen LogP contribution is 2.36. The van der Waals surface area contributed by atoms with Crippen LogP contribution in [0.15, 0.2) is 52.3 Å². The number of ether oxygens (including phenoxy) is 1. The van der Waals surface area contributed by atoms with Crippen LogP contribution < -0.4 is 4.74 Å². The van der Waals surface area contributed by atoms with Crippen LogP contribution in [0.1, 0.15) is 12.5 Å². The standard InChI is InChI=1S/C15H15NO3S/c1-3-11-4-9-15(14(10-11)19-2)20-13-7-5-12(6-8-13)16(17)18/h4-10H,3H2,1-2H3. The van der Waals surface area contributed by atoms with E-state index in [1.807, 2.05) is 12.1 Å². The van der Waals surface area contributed by atoms with E-state index in [1.165, 1.54) is 29.5 Å². The Morgan fingerprint density at radius 2 is 1.90 bits per heavy atom. The number of hydrogen-bond acceptors (Lipinski definition) is 4. The number of rotatable bonds is 5. The van der Waals surface area contributed by atoms with Crippen molar-refractivity contribution in [2.24, 2.45) is 0 Å². The normalized spacial score (nSPS) is 10.3. The molecule has 20 heavy (non-hydrogen) atoms. The molecule has 0 aromatic heterocycles. The summed E-state index contributed by atoms with van der Waals surface area (Å²) in [4.78, 5) is 12.2. The van der Waals surface area contributed by atoms with E-state index < -0.39 is 4.92 Å². The number of methoxy groups -OCH3 is 1. The molecule has 0 aliphatic carbocycles. The first-order valence-electron chi connectivity index (χ1n) is 6.23. The third-order valence-electron chi connectivity index (χ3n) is 2.91. The number of benzene rings is 2. The highest BCUT2D eigenvalue weighted by Gasteiger charge is 2.08. The van der Waals surface area contributed by atoms with Crippen LogP contribution in [0.5, 0.6) is 5.75 Å². The Kier molecular flexibility index (Phi) is 4.63. The lowest BCUT2D eigenvalue weighted by atomic mass is 10.2. The second kappa shape index (κ2) is 6.43. The number of nitrogens with zero attached hydrogens (tertiary/aromatic N) is 1. The van der Waals surface area contributed by atoms with Crippen LogP contribution in [-0.4, -0.2) is 12.0 Å². The van der Waals surface area contributed by atoms with Crippen molar-refractivity contribution in [2.45, 2.75) is 23.1 Å². The maximum atomic E-state index is 10.6. The fourth-order valence-corrected chi connectivity index (χ4v) is 2.68. The van der Waals surface area contributed by atoms with E-state index in [0.29, 0.717) is 0 Å². The van der Waals surface area contributed by atoms with Gasteiger partial charge in [0, 0.05) is 17.0 Å². The van der Waals surface area contributed by atoms with Crippen LogP contribution in [0.3, 0.4) is 0 Å². The Morgan fingerprint density at radius 1 is 1.20 bits per heavy atom. The maximum absolute atomic E-state index is 10.6. The molecule has 0 N–H and O–H groups in total. The zero-order chi connectivity index (χ0) is 14.5. The average Bonchev–Trinajstić information content (AvgIpc) is 2.48. The lowest BCUT2D eigenvalue weighted by molar-refractivity contribution is -0.384. The molecule has 4 nitrogen and oxygen atoms in total. The average molecular weight is 289 g/mol. The summed E-state index contributed by atoms with van der Waals surface area (Å²) in [5.74, 6) is 0.827. The van der Waals surface area contributed by atoms with Crippen molar-refractivity contribution >= 4 is 17.4 Å². The Hall–Kier alpha value is -2.01. The van der Waals surface area contributed by atoms with Crippen LogP contribution in [0.2, 0.25) is 0 Å². The van der Waals surface area contributed by atoms with Gasteiger partial charge in [-0.05, 0) is 36.2 Å². The number of hydrogen-bond donors (Lipinski definition) is 0. The number of aryl methyl sites for hydroxylation is 1. The second-order valence-electron chi connectivity index (χ2n) is 4.19. The van der Waals surface area contributed by atoms with Gasteiger partial charge in [0.15, 0.2) is 0 Å². The monoisotopic (exact) mass is 289 g/mol. The number of non-ortho nitro benzene ring substituents is 1. The Balaban J connectivity index is 2.23. The van der Waals surface area contributed by atoms with Crippen molar-refractivity contribution in [3.05, 3.63) is 58.1 Å². The summed E-state index contributed by atoms with van der Waals surface area (Å²) in [5.41, 5.74) is 1.32. The molecule has 104 valence electrons. The Morgan fingerprint density at radius 3 is 2.45 bits per heavy atom. The largest absolute Gasteiger partial charge is 0.496 e. The van der Waals surface area contributed by atoms with Gasteiger partial charge in [-0.1, -0.05) is 24.8 Å². The fraction of sp³-hybridized carbons (Fsp3) is 0.200. The summed E-state index contributed by atoms with van der Waals surface area (Å²) in [7, 11) is 1.65. The molecule has 2 aromatic rings. The summed E-state index contributed by atoms with van der Waals surface area (Å²) < 4.78 is 5.39. The van der Waals surface area contributed by atoms with Crippen molar-refractivity contribution in [1.82, 2.24) is 0 Å². The topological polar surface area (TPSA) is 52.4 Å². The molecular formula is C15H15NO3S. The van der Waals surface area contributed by atoms with Gasteiger partial charge in [0.25, 0.3) is 5.69 Å². The molecular weight excluding hydrogens is 274 g/mol. The van der Waals surface area contributed by atoms with Gasteiger partial charge in [0.05, 0.1) is 16.9 Å². The van der Waals surface area contributed by atoms with E-state index in [2.05, 4.69) is 13.0 Å². The molecule has 0 saturated carbocycles. The lowest BCUT2D eigenvalue weighted by Gasteiger charge is -2.09. The van der Waals surface area contributed by atoms with Crippen LogP contribution in [0, 0.1) is 10.1 Å². The smallest absolute Gasteiger partial charge is 0.269 e. The van der Waals surface area contributed by atoms with Crippen LogP contribution in [0.25, 0.3) is 0 Å². The fourth-order valence-electron chi connectivity index (χ4n) is 1.78. The van der Waals surface area contributed by atoms with E-state index >= 15 is 0 Å². The van der Waals surface area contributed by atoms with E-state index in [1.54, 1.807) is 19.2 Å². The maximum Gasteiger partial charge on any atom is 0.269 e. The predicted molar refractivity (Wildman–Crippen MR) is 79.6 cm³/mol. The minimum absolute atomic E-state index is 0.0997. The summed E-state index contributed by atoms with van der Waals surface area (Å²) in [6.07, 6.45) is 0.957. The summed E-state index contributed by atoms with van der Waals surface area (Å²) in [6, 6.07) is 12.6. The predicted octanol–water partition coefficient (Wildman–Crippen LogP) is 4.32. The van der Waals surface area contributed by atoms with Crippen LogP contribution >= 0.6 is 11.8 Å². The van der Waals surface area contributed by atoms with Gasteiger partial charge in [-0.3, -0.25) is 10.1 Å². The molecule has 0 unspecified atom stereocenters. The molecule has 0 atom stereocenters. The highest BCUT2D eigenvalue weighted by molar-refractivity contribution is 7.99. The van der Waals surface area contributed by atoms with E-state index in [9.17, 15) is 10.1 Å². The minimum atomic E-state index is -0.398. The first-order chi connectivity index (χ1) is 9.63. The Labute approximate surface area is 121 Å². The molecule has 0 bridgehead atoms. The molecule has 0 aliphatic heterocycles. The molecule has 0 amide bonds. The van der Waals surface area contributed by atoms with Crippen LogP contribution in [-0.2, 0) is 6.42 Å². The van der Waals surface area contributed by atoms with Gasteiger partial charge >= 0.3 is 0 Å². The number of nitro groups is 1. The highest BCUT2D eigenvalue weighted by atomic mass is 32.2. The first kappa shape index (κ1) is 14.4. The third kappa shape index (κ3) is 3.30. The van der Waals surface area contributed by atoms with E-state index in [0.717, 1.165) is 22.0 Å². The van der Waals surface area contributed by atoms with Crippen molar-refractivity contribution in [3.63, 3.8) is 0 Å².